The van der Waals surface area contributed by atoms with Crippen molar-refractivity contribution in [3.05, 3.63) is 70.7 Å². The summed E-state index contributed by atoms with van der Waals surface area (Å²) in [6.07, 6.45) is 0.362. The molecule has 1 atom stereocenters. The Morgan fingerprint density at radius 2 is 1.56 bits per heavy atom. The van der Waals surface area contributed by atoms with Crippen molar-refractivity contribution < 1.29 is 4.79 Å². The lowest BCUT2D eigenvalue weighted by Gasteiger charge is -2.35. The number of hydrogen-bond acceptors (Lipinski definition) is 3. The van der Waals surface area contributed by atoms with Gasteiger partial charge in [-0.1, -0.05) is 54.1 Å². The van der Waals surface area contributed by atoms with Gasteiger partial charge in [-0.3, -0.25) is 9.69 Å². The first-order chi connectivity index (χ1) is 12.1. The number of carbonyl (C=O) groups is 1. The highest BCUT2D eigenvalue weighted by Gasteiger charge is 2.22. The zero-order valence-electron chi connectivity index (χ0n) is 15.1. The van der Waals surface area contributed by atoms with E-state index in [1.807, 2.05) is 47.4 Å². The van der Waals surface area contributed by atoms with E-state index in [-0.39, 0.29) is 36.8 Å². The second-order valence-corrected chi connectivity index (χ2v) is 6.94. The average Bonchev–Trinajstić information content (AvgIpc) is 2.65. The number of benzene rings is 2. The highest BCUT2D eigenvalue weighted by molar-refractivity contribution is 6.30. The average molecular weight is 431 g/mol. The summed E-state index contributed by atoms with van der Waals surface area (Å²) >= 11 is 5.93. The van der Waals surface area contributed by atoms with Gasteiger partial charge in [-0.05, 0) is 23.3 Å². The summed E-state index contributed by atoms with van der Waals surface area (Å²) in [5.41, 5.74) is 8.43. The minimum Gasteiger partial charge on any atom is -0.340 e. The van der Waals surface area contributed by atoms with Gasteiger partial charge < -0.3 is 10.6 Å². The van der Waals surface area contributed by atoms with E-state index in [2.05, 4.69) is 17.0 Å². The molecule has 1 unspecified atom stereocenters. The lowest BCUT2D eigenvalue weighted by atomic mass is 10.0. The van der Waals surface area contributed by atoms with E-state index in [9.17, 15) is 4.79 Å². The van der Waals surface area contributed by atoms with Crippen LogP contribution >= 0.6 is 36.4 Å². The SMILES string of the molecule is Cl.Cl.NC(CC(=O)N1CCN(Cc2ccc(Cl)cc2)CC1)c1ccccc1. The molecule has 0 saturated carbocycles. The molecule has 2 aromatic carbocycles. The normalized spacial score (nSPS) is 15.4. The van der Waals surface area contributed by atoms with E-state index < -0.39 is 0 Å². The zero-order valence-corrected chi connectivity index (χ0v) is 17.5. The Morgan fingerprint density at radius 1 is 0.963 bits per heavy atom. The topological polar surface area (TPSA) is 49.6 Å². The zero-order chi connectivity index (χ0) is 17.6. The molecule has 1 saturated heterocycles. The lowest BCUT2D eigenvalue weighted by Crippen LogP contribution is -2.48. The molecule has 1 aliphatic heterocycles. The minimum absolute atomic E-state index is 0. The fourth-order valence-electron chi connectivity index (χ4n) is 3.14. The number of piperazine rings is 1. The third-order valence-electron chi connectivity index (χ3n) is 4.67. The van der Waals surface area contributed by atoms with Gasteiger partial charge in [0.25, 0.3) is 0 Å². The molecule has 7 heteroatoms. The van der Waals surface area contributed by atoms with Crippen LogP contribution in [0.5, 0.6) is 0 Å². The van der Waals surface area contributed by atoms with Crippen molar-refractivity contribution in [3.8, 4) is 0 Å². The smallest absolute Gasteiger partial charge is 0.224 e. The molecule has 0 spiro atoms. The molecule has 0 aromatic heterocycles. The van der Waals surface area contributed by atoms with Crippen LogP contribution in [-0.2, 0) is 11.3 Å². The first-order valence-corrected chi connectivity index (χ1v) is 9.05. The third-order valence-corrected chi connectivity index (χ3v) is 4.92. The van der Waals surface area contributed by atoms with Gasteiger partial charge in [0.05, 0.1) is 0 Å². The molecule has 3 rings (SSSR count). The van der Waals surface area contributed by atoms with Gasteiger partial charge >= 0.3 is 0 Å². The summed E-state index contributed by atoms with van der Waals surface area (Å²) in [7, 11) is 0. The van der Waals surface area contributed by atoms with Crippen LogP contribution in [0.15, 0.2) is 54.6 Å². The molecular weight excluding hydrogens is 405 g/mol. The van der Waals surface area contributed by atoms with Crippen molar-refractivity contribution >= 4 is 42.3 Å². The summed E-state index contributed by atoms with van der Waals surface area (Å²) in [6, 6.07) is 17.5. The van der Waals surface area contributed by atoms with Crippen LogP contribution in [0.2, 0.25) is 5.02 Å². The molecule has 27 heavy (non-hydrogen) atoms. The molecule has 1 fully saturated rings. The maximum atomic E-state index is 12.5. The van der Waals surface area contributed by atoms with Crippen LogP contribution in [0.25, 0.3) is 0 Å². The monoisotopic (exact) mass is 429 g/mol. The number of rotatable bonds is 5. The Morgan fingerprint density at radius 3 is 2.15 bits per heavy atom. The standard InChI is InChI=1S/C20H24ClN3O.2ClH/c21-18-8-6-16(7-9-18)15-23-10-12-24(13-11-23)20(25)14-19(22)17-4-2-1-3-5-17;;/h1-9,19H,10-15,22H2;2*1H. The molecule has 148 valence electrons. The van der Waals surface area contributed by atoms with Gasteiger partial charge in [-0.2, -0.15) is 0 Å². The molecule has 1 aliphatic rings. The molecule has 2 aromatic rings. The summed E-state index contributed by atoms with van der Waals surface area (Å²) in [5.74, 6) is 0.141. The van der Waals surface area contributed by atoms with E-state index in [4.69, 9.17) is 17.3 Å². The quantitative estimate of drug-likeness (QED) is 0.782. The Kier molecular flexibility index (Phi) is 10.1. The van der Waals surface area contributed by atoms with E-state index in [1.54, 1.807) is 0 Å². The molecule has 2 N–H and O–H groups in total. The summed E-state index contributed by atoms with van der Waals surface area (Å²) in [6.45, 7) is 4.18. The second-order valence-electron chi connectivity index (χ2n) is 6.50. The van der Waals surface area contributed by atoms with Crippen LogP contribution in [-0.4, -0.2) is 41.9 Å². The number of nitrogens with two attached hydrogens (primary N) is 1. The van der Waals surface area contributed by atoms with Gasteiger partial charge in [0.15, 0.2) is 0 Å². The molecular formula is C20H26Cl3N3O. The van der Waals surface area contributed by atoms with E-state index in [1.165, 1.54) is 5.56 Å². The van der Waals surface area contributed by atoms with Crippen molar-refractivity contribution in [2.24, 2.45) is 5.73 Å². The third kappa shape index (κ3) is 6.98. The highest BCUT2D eigenvalue weighted by Crippen LogP contribution is 2.17. The Hall–Kier alpha value is -1.30. The lowest BCUT2D eigenvalue weighted by molar-refractivity contribution is -0.133. The fourth-order valence-corrected chi connectivity index (χ4v) is 3.26. The minimum atomic E-state index is -0.235. The first-order valence-electron chi connectivity index (χ1n) is 8.67. The van der Waals surface area contributed by atoms with E-state index in [0.29, 0.717) is 6.42 Å². The predicted molar refractivity (Wildman–Crippen MR) is 116 cm³/mol. The molecule has 0 aliphatic carbocycles. The number of hydrogen-bond donors (Lipinski definition) is 1. The van der Waals surface area contributed by atoms with Crippen molar-refractivity contribution in [3.63, 3.8) is 0 Å². The molecule has 0 bridgehead atoms. The number of amides is 1. The van der Waals surface area contributed by atoms with Crippen LogP contribution in [0, 0.1) is 0 Å². The van der Waals surface area contributed by atoms with Crippen LogP contribution in [0.1, 0.15) is 23.6 Å². The molecule has 4 nitrogen and oxygen atoms in total. The van der Waals surface area contributed by atoms with Crippen molar-refractivity contribution in [1.29, 1.82) is 0 Å². The Bertz CT molecular complexity index is 689. The van der Waals surface area contributed by atoms with Crippen molar-refractivity contribution in [2.45, 2.75) is 19.0 Å². The number of nitrogens with zero attached hydrogens (tertiary/aromatic N) is 2. The molecule has 1 amide bonds. The fraction of sp³-hybridized carbons (Fsp3) is 0.350. The van der Waals surface area contributed by atoms with Crippen molar-refractivity contribution in [1.82, 2.24) is 9.80 Å². The van der Waals surface area contributed by atoms with Crippen molar-refractivity contribution in [2.75, 3.05) is 26.2 Å². The van der Waals surface area contributed by atoms with Gasteiger partial charge in [-0.25, -0.2) is 0 Å². The van der Waals surface area contributed by atoms with E-state index in [0.717, 1.165) is 43.3 Å². The Balaban J connectivity index is 0.00000182. The first kappa shape index (κ1) is 23.7. The predicted octanol–water partition coefficient (Wildman–Crippen LogP) is 3.92. The maximum absolute atomic E-state index is 12.5. The van der Waals surface area contributed by atoms with Crippen LogP contribution < -0.4 is 5.73 Å². The van der Waals surface area contributed by atoms with Crippen LogP contribution in [0.4, 0.5) is 0 Å². The van der Waals surface area contributed by atoms with Gasteiger partial charge in [-0.15, -0.1) is 24.8 Å². The molecule has 1 heterocycles. The van der Waals surface area contributed by atoms with Gasteiger partial charge in [0.1, 0.15) is 0 Å². The largest absolute Gasteiger partial charge is 0.340 e. The van der Waals surface area contributed by atoms with Crippen LogP contribution in [0.3, 0.4) is 0 Å². The maximum Gasteiger partial charge on any atom is 0.224 e. The highest BCUT2D eigenvalue weighted by atomic mass is 35.5. The molecule has 0 radical (unpaired) electrons. The van der Waals surface area contributed by atoms with Gasteiger partial charge in [0.2, 0.25) is 5.91 Å². The Labute approximate surface area is 178 Å². The summed E-state index contributed by atoms with van der Waals surface area (Å²) in [4.78, 5) is 16.8. The number of carbonyl (C=O) groups excluding carboxylic acids is 1. The number of halogens is 3. The summed E-state index contributed by atoms with van der Waals surface area (Å²) < 4.78 is 0. The van der Waals surface area contributed by atoms with E-state index >= 15 is 0 Å². The van der Waals surface area contributed by atoms with Gasteiger partial charge in [0, 0.05) is 50.2 Å². The second kappa shape index (κ2) is 11.5. The summed E-state index contributed by atoms with van der Waals surface area (Å²) in [5, 5.41) is 0.758.